The first-order valence-electron chi connectivity index (χ1n) is 8.94. The van der Waals surface area contributed by atoms with E-state index in [9.17, 15) is 0 Å². The van der Waals surface area contributed by atoms with Crippen molar-refractivity contribution in [3.8, 4) is 33.7 Å². The van der Waals surface area contributed by atoms with Gasteiger partial charge in [-0.15, -0.1) is 0 Å². The summed E-state index contributed by atoms with van der Waals surface area (Å²) in [6.07, 6.45) is 3.63. The summed E-state index contributed by atoms with van der Waals surface area (Å²) in [6.45, 7) is 0. The molecule has 0 aliphatic carbocycles. The first kappa shape index (κ1) is 16.7. The summed E-state index contributed by atoms with van der Waals surface area (Å²) in [6, 6.07) is 25.9. The van der Waals surface area contributed by atoms with Gasteiger partial charge in [-0.05, 0) is 41.0 Å². The van der Waals surface area contributed by atoms with Crippen LogP contribution in [0.15, 0.2) is 95.7 Å². The zero-order valence-corrected chi connectivity index (χ0v) is 15.6. The SMILES string of the molecule is Clc1cc(-c2ccc(-c3cccnc3)cc2)c2nc(-c3ccccc3)oc2c1. The molecule has 0 saturated heterocycles. The smallest absolute Gasteiger partial charge is 0.227 e. The Morgan fingerprint density at radius 3 is 2.21 bits per heavy atom. The van der Waals surface area contributed by atoms with Crippen molar-refractivity contribution in [3.05, 3.63) is 96.3 Å². The van der Waals surface area contributed by atoms with Gasteiger partial charge in [0, 0.05) is 34.6 Å². The number of fused-ring (bicyclic) bond motifs is 1. The minimum atomic E-state index is 0.589. The molecule has 0 fully saturated rings. The highest BCUT2D eigenvalue weighted by Crippen LogP contribution is 2.35. The van der Waals surface area contributed by atoms with E-state index >= 15 is 0 Å². The van der Waals surface area contributed by atoms with E-state index in [-0.39, 0.29) is 0 Å². The Balaban J connectivity index is 1.61. The number of hydrogen-bond acceptors (Lipinski definition) is 3. The molecule has 0 saturated carbocycles. The van der Waals surface area contributed by atoms with E-state index in [1.54, 1.807) is 6.20 Å². The van der Waals surface area contributed by atoms with Crippen molar-refractivity contribution in [2.45, 2.75) is 0 Å². The predicted molar refractivity (Wildman–Crippen MR) is 113 cm³/mol. The standard InChI is InChI=1S/C24H15ClN2O/c25-20-13-21(17-10-8-16(9-11-17)19-7-4-12-26-15-19)23-22(14-20)28-24(27-23)18-5-2-1-3-6-18/h1-15H. The monoisotopic (exact) mass is 382 g/mol. The molecule has 134 valence electrons. The summed E-state index contributed by atoms with van der Waals surface area (Å²) < 4.78 is 5.99. The molecule has 3 nitrogen and oxygen atoms in total. The lowest BCUT2D eigenvalue weighted by atomic mass is 10.0. The Hall–Kier alpha value is -3.43. The lowest BCUT2D eigenvalue weighted by Crippen LogP contribution is -1.84. The van der Waals surface area contributed by atoms with Gasteiger partial charge in [-0.3, -0.25) is 4.98 Å². The number of hydrogen-bond donors (Lipinski definition) is 0. The van der Waals surface area contributed by atoms with Crippen molar-refractivity contribution >= 4 is 22.7 Å². The fraction of sp³-hybridized carbons (Fsp3) is 0. The minimum absolute atomic E-state index is 0.589. The molecule has 0 spiro atoms. The molecule has 3 aromatic carbocycles. The first-order chi connectivity index (χ1) is 13.8. The van der Waals surface area contributed by atoms with Crippen molar-refractivity contribution in [1.29, 1.82) is 0 Å². The van der Waals surface area contributed by atoms with Crippen LogP contribution in [-0.2, 0) is 0 Å². The molecule has 5 rings (SSSR count). The van der Waals surface area contributed by atoms with Crippen molar-refractivity contribution in [2.75, 3.05) is 0 Å². The summed E-state index contributed by atoms with van der Waals surface area (Å²) in [4.78, 5) is 8.93. The van der Waals surface area contributed by atoms with Gasteiger partial charge in [0.2, 0.25) is 5.89 Å². The van der Waals surface area contributed by atoms with Crippen LogP contribution in [0.4, 0.5) is 0 Å². The fourth-order valence-electron chi connectivity index (χ4n) is 3.30. The number of aromatic nitrogens is 2. The third kappa shape index (κ3) is 3.06. The Kier molecular flexibility index (Phi) is 4.15. The highest BCUT2D eigenvalue weighted by atomic mass is 35.5. The quantitative estimate of drug-likeness (QED) is 0.341. The van der Waals surface area contributed by atoms with Crippen LogP contribution in [0.1, 0.15) is 0 Å². The molecule has 0 radical (unpaired) electrons. The number of nitrogens with zero attached hydrogens (tertiary/aromatic N) is 2. The van der Waals surface area contributed by atoms with Crippen LogP contribution in [0, 0.1) is 0 Å². The van der Waals surface area contributed by atoms with E-state index in [1.165, 1.54) is 0 Å². The second-order valence-corrected chi connectivity index (χ2v) is 6.94. The van der Waals surface area contributed by atoms with E-state index in [2.05, 4.69) is 29.2 Å². The molecular weight excluding hydrogens is 368 g/mol. The summed E-state index contributed by atoms with van der Waals surface area (Å²) in [7, 11) is 0. The van der Waals surface area contributed by atoms with Crippen molar-refractivity contribution in [3.63, 3.8) is 0 Å². The zero-order chi connectivity index (χ0) is 18.9. The molecule has 0 bridgehead atoms. The number of halogens is 1. The van der Waals surface area contributed by atoms with Crippen molar-refractivity contribution in [1.82, 2.24) is 9.97 Å². The van der Waals surface area contributed by atoms with Crippen LogP contribution in [0.2, 0.25) is 5.02 Å². The van der Waals surface area contributed by atoms with Crippen molar-refractivity contribution < 1.29 is 4.42 Å². The summed E-state index contributed by atoms with van der Waals surface area (Å²) in [5.41, 5.74) is 6.60. The molecule has 0 unspecified atom stereocenters. The number of pyridine rings is 1. The average Bonchev–Trinajstić information content (AvgIpc) is 3.18. The van der Waals surface area contributed by atoms with Gasteiger partial charge >= 0.3 is 0 Å². The Labute approximate surface area is 167 Å². The molecular formula is C24H15ClN2O. The van der Waals surface area contributed by atoms with E-state index in [0.29, 0.717) is 16.5 Å². The van der Waals surface area contributed by atoms with Crippen LogP contribution in [-0.4, -0.2) is 9.97 Å². The number of oxazole rings is 1. The fourth-order valence-corrected chi connectivity index (χ4v) is 3.50. The molecule has 5 aromatic rings. The van der Waals surface area contributed by atoms with Crippen LogP contribution < -0.4 is 0 Å². The van der Waals surface area contributed by atoms with Crippen LogP contribution in [0.25, 0.3) is 44.8 Å². The second-order valence-electron chi connectivity index (χ2n) is 6.50. The Morgan fingerprint density at radius 1 is 0.714 bits per heavy atom. The average molecular weight is 383 g/mol. The van der Waals surface area contributed by atoms with Crippen molar-refractivity contribution in [2.24, 2.45) is 0 Å². The summed E-state index contributed by atoms with van der Waals surface area (Å²) >= 11 is 6.36. The van der Waals surface area contributed by atoms with E-state index < -0.39 is 0 Å². The second kappa shape index (κ2) is 6.95. The van der Waals surface area contributed by atoms with Crippen LogP contribution in [0.3, 0.4) is 0 Å². The van der Waals surface area contributed by atoms with E-state index in [1.807, 2.05) is 60.8 Å². The molecule has 4 heteroatoms. The molecule has 28 heavy (non-hydrogen) atoms. The van der Waals surface area contributed by atoms with Gasteiger partial charge in [0.05, 0.1) is 0 Å². The first-order valence-corrected chi connectivity index (χ1v) is 9.32. The largest absolute Gasteiger partial charge is 0.436 e. The predicted octanol–water partition coefficient (Wildman–Crippen LogP) is 6.88. The molecule has 2 heterocycles. The number of rotatable bonds is 3. The molecule has 0 aliphatic rings. The van der Waals surface area contributed by atoms with E-state index in [0.717, 1.165) is 33.3 Å². The summed E-state index contributed by atoms with van der Waals surface area (Å²) in [5.74, 6) is 0.589. The molecule has 0 amide bonds. The lowest BCUT2D eigenvalue weighted by Gasteiger charge is -2.06. The minimum Gasteiger partial charge on any atom is -0.436 e. The number of benzene rings is 3. The van der Waals surface area contributed by atoms with Gasteiger partial charge < -0.3 is 4.42 Å². The van der Waals surface area contributed by atoms with Gasteiger partial charge in [0.25, 0.3) is 0 Å². The van der Waals surface area contributed by atoms with Crippen LogP contribution in [0.5, 0.6) is 0 Å². The Morgan fingerprint density at radius 2 is 1.46 bits per heavy atom. The third-order valence-electron chi connectivity index (χ3n) is 4.67. The maximum absolute atomic E-state index is 6.36. The molecule has 0 N–H and O–H groups in total. The maximum atomic E-state index is 6.36. The van der Waals surface area contributed by atoms with Gasteiger partial charge in [-0.2, -0.15) is 0 Å². The van der Waals surface area contributed by atoms with Crippen LogP contribution >= 0.6 is 11.6 Å². The molecule has 2 aromatic heterocycles. The molecule has 0 atom stereocenters. The highest BCUT2D eigenvalue weighted by molar-refractivity contribution is 6.31. The van der Waals surface area contributed by atoms with Gasteiger partial charge in [-0.1, -0.05) is 60.1 Å². The third-order valence-corrected chi connectivity index (χ3v) is 4.89. The van der Waals surface area contributed by atoms with Gasteiger partial charge in [-0.25, -0.2) is 4.98 Å². The van der Waals surface area contributed by atoms with Gasteiger partial charge in [0.1, 0.15) is 5.52 Å². The highest BCUT2D eigenvalue weighted by Gasteiger charge is 2.14. The zero-order valence-electron chi connectivity index (χ0n) is 14.8. The Bertz CT molecular complexity index is 1250. The topological polar surface area (TPSA) is 38.9 Å². The summed E-state index contributed by atoms with van der Waals surface area (Å²) in [5, 5.41) is 0.620. The molecule has 0 aliphatic heterocycles. The maximum Gasteiger partial charge on any atom is 0.227 e. The van der Waals surface area contributed by atoms with Gasteiger partial charge in [0.15, 0.2) is 5.58 Å². The van der Waals surface area contributed by atoms with E-state index in [4.69, 9.17) is 21.0 Å². The lowest BCUT2D eigenvalue weighted by molar-refractivity contribution is 0.620. The normalized spacial score (nSPS) is 11.0.